The third-order valence-corrected chi connectivity index (χ3v) is 9.25. The number of aromatic nitrogens is 3. The molecule has 0 spiro atoms. The van der Waals surface area contributed by atoms with Gasteiger partial charge in [0.25, 0.3) is 0 Å². The molecule has 0 bridgehead atoms. The predicted molar refractivity (Wildman–Crippen MR) is 193 cm³/mol. The second kappa shape index (κ2) is 10.1. The molecule has 0 saturated carbocycles. The number of furan rings is 1. The number of fused-ring (bicyclic) bond motifs is 5. The van der Waals surface area contributed by atoms with Gasteiger partial charge in [-0.15, -0.1) is 0 Å². The molecular formula is C43H25N3O. The van der Waals surface area contributed by atoms with Crippen molar-refractivity contribution in [1.82, 2.24) is 15.0 Å². The van der Waals surface area contributed by atoms with E-state index in [0.29, 0.717) is 17.5 Å². The molecular weight excluding hydrogens is 574 g/mol. The standard InChI is InChI=1S/C43H25N3O/c1-3-12-26(13-4-1)41-44-42(27-14-5-2-6-15-27)46-43(45-41)30-18-9-16-28(24-30)31-21-10-17-29-25-35-33-20-8-7-19-32(33)34-22-11-23-36-38(34)39(35)40(47-36)37(29)31/h1-25H. The lowest BCUT2D eigenvalue weighted by atomic mass is 9.90. The van der Waals surface area contributed by atoms with Gasteiger partial charge in [0.15, 0.2) is 17.5 Å². The van der Waals surface area contributed by atoms with Crippen LogP contribution in [0.3, 0.4) is 0 Å². The summed E-state index contributed by atoms with van der Waals surface area (Å²) >= 11 is 0. The summed E-state index contributed by atoms with van der Waals surface area (Å²) < 4.78 is 6.77. The van der Waals surface area contributed by atoms with Crippen LogP contribution in [0.15, 0.2) is 156 Å². The van der Waals surface area contributed by atoms with Crippen LogP contribution >= 0.6 is 0 Å². The first-order valence-corrected chi connectivity index (χ1v) is 15.8. The fourth-order valence-corrected chi connectivity index (χ4v) is 7.15. The van der Waals surface area contributed by atoms with Crippen LogP contribution in [0, 0.1) is 0 Å². The summed E-state index contributed by atoms with van der Waals surface area (Å²) in [5, 5.41) is 9.56. The topological polar surface area (TPSA) is 51.8 Å². The maximum Gasteiger partial charge on any atom is 0.164 e. The smallest absolute Gasteiger partial charge is 0.164 e. The lowest BCUT2D eigenvalue weighted by Gasteiger charge is -2.13. The molecule has 8 aromatic carbocycles. The molecule has 0 radical (unpaired) electrons. The van der Waals surface area contributed by atoms with E-state index in [1.54, 1.807) is 0 Å². The Kier molecular flexibility index (Phi) is 5.54. The Morgan fingerprint density at radius 1 is 0.362 bits per heavy atom. The summed E-state index contributed by atoms with van der Waals surface area (Å²) in [5.74, 6) is 1.92. The van der Waals surface area contributed by atoms with Crippen molar-refractivity contribution in [2.75, 3.05) is 0 Å². The highest BCUT2D eigenvalue weighted by molar-refractivity contribution is 6.37. The molecule has 0 aliphatic heterocycles. The average Bonchev–Trinajstić information content (AvgIpc) is 3.55. The molecule has 0 saturated heterocycles. The van der Waals surface area contributed by atoms with Gasteiger partial charge in [-0.2, -0.15) is 0 Å². The number of benzene rings is 8. The molecule has 10 rings (SSSR count). The first-order valence-electron chi connectivity index (χ1n) is 15.8. The van der Waals surface area contributed by atoms with Gasteiger partial charge in [0.05, 0.1) is 0 Å². The fourth-order valence-electron chi connectivity index (χ4n) is 7.15. The highest BCUT2D eigenvalue weighted by Crippen LogP contribution is 2.47. The molecule has 47 heavy (non-hydrogen) atoms. The second-order valence-electron chi connectivity index (χ2n) is 12.0. The maximum absolute atomic E-state index is 6.77. The summed E-state index contributed by atoms with van der Waals surface area (Å²) in [6, 6.07) is 52.6. The van der Waals surface area contributed by atoms with Crippen molar-refractivity contribution in [3.8, 4) is 45.3 Å². The van der Waals surface area contributed by atoms with Crippen molar-refractivity contribution in [3.05, 3.63) is 152 Å². The van der Waals surface area contributed by atoms with Crippen LogP contribution in [0.25, 0.3) is 99.5 Å². The van der Waals surface area contributed by atoms with E-state index in [4.69, 9.17) is 19.4 Å². The predicted octanol–water partition coefficient (Wildman–Crippen LogP) is 11.3. The van der Waals surface area contributed by atoms with E-state index in [1.807, 2.05) is 60.7 Å². The minimum absolute atomic E-state index is 0.631. The van der Waals surface area contributed by atoms with E-state index in [2.05, 4.69) is 91.0 Å². The van der Waals surface area contributed by atoms with Gasteiger partial charge in [-0.1, -0.05) is 133 Å². The highest BCUT2D eigenvalue weighted by Gasteiger charge is 2.21. The van der Waals surface area contributed by atoms with E-state index in [0.717, 1.165) is 49.8 Å². The van der Waals surface area contributed by atoms with Gasteiger partial charge in [0, 0.05) is 32.8 Å². The van der Waals surface area contributed by atoms with Crippen LogP contribution in [0.4, 0.5) is 0 Å². The number of nitrogens with zero attached hydrogens (tertiary/aromatic N) is 3. The summed E-state index contributed by atoms with van der Waals surface area (Å²) in [6.07, 6.45) is 0. The zero-order valence-corrected chi connectivity index (χ0v) is 25.2. The van der Waals surface area contributed by atoms with Crippen LogP contribution < -0.4 is 0 Å². The fraction of sp³-hybridized carbons (Fsp3) is 0. The van der Waals surface area contributed by atoms with E-state index in [1.165, 1.54) is 32.3 Å². The molecule has 0 atom stereocenters. The number of hydrogen-bond donors (Lipinski definition) is 0. The Labute approximate surface area is 270 Å². The average molecular weight is 600 g/mol. The van der Waals surface area contributed by atoms with Crippen molar-refractivity contribution in [2.45, 2.75) is 0 Å². The molecule has 0 fully saturated rings. The van der Waals surface area contributed by atoms with Crippen LogP contribution in [-0.4, -0.2) is 15.0 Å². The number of hydrogen-bond acceptors (Lipinski definition) is 4. The van der Waals surface area contributed by atoms with Crippen molar-refractivity contribution in [1.29, 1.82) is 0 Å². The molecule has 4 nitrogen and oxygen atoms in total. The first kappa shape index (κ1) is 25.9. The van der Waals surface area contributed by atoms with Crippen LogP contribution in [0.5, 0.6) is 0 Å². The first-order chi connectivity index (χ1) is 23.3. The maximum atomic E-state index is 6.77. The van der Waals surface area contributed by atoms with Gasteiger partial charge in [-0.3, -0.25) is 0 Å². The zero-order chi connectivity index (χ0) is 30.9. The third kappa shape index (κ3) is 3.98. The van der Waals surface area contributed by atoms with Gasteiger partial charge in [-0.05, 0) is 56.3 Å². The Morgan fingerprint density at radius 2 is 0.915 bits per heavy atom. The summed E-state index contributed by atoms with van der Waals surface area (Å²) in [7, 11) is 0. The van der Waals surface area contributed by atoms with Gasteiger partial charge >= 0.3 is 0 Å². The van der Waals surface area contributed by atoms with Crippen LogP contribution in [-0.2, 0) is 0 Å². The Morgan fingerprint density at radius 3 is 1.64 bits per heavy atom. The van der Waals surface area contributed by atoms with Gasteiger partial charge in [-0.25, -0.2) is 15.0 Å². The third-order valence-electron chi connectivity index (χ3n) is 9.25. The Bertz CT molecular complexity index is 2730. The summed E-state index contributed by atoms with van der Waals surface area (Å²) in [4.78, 5) is 14.8. The highest BCUT2D eigenvalue weighted by atomic mass is 16.3. The van der Waals surface area contributed by atoms with Crippen molar-refractivity contribution >= 4 is 54.3 Å². The van der Waals surface area contributed by atoms with Gasteiger partial charge in [0.2, 0.25) is 0 Å². The SMILES string of the molecule is c1ccc(-c2nc(-c3ccccc3)nc(-c3cccc(-c4cccc5cc6c7ccccc7c7cccc8oc(c45)c6c87)c3)n2)cc1. The van der Waals surface area contributed by atoms with Crippen LogP contribution in [0.1, 0.15) is 0 Å². The van der Waals surface area contributed by atoms with E-state index < -0.39 is 0 Å². The molecule has 10 aromatic rings. The van der Waals surface area contributed by atoms with E-state index in [-0.39, 0.29) is 0 Å². The molecule has 218 valence electrons. The molecule has 4 heteroatoms. The second-order valence-corrected chi connectivity index (χ2v) is 12.0. The normalized spacial score (nSPS) is 11.8. The lowest BCUT2D eigenvalue weighted by Crippen LogP contribution is -2.00. The van der Waals surface area contributed by atoms with E-state index >= 15 is 0 Å². The molecule has 0 N–H and O–H groups in total. The van der Waals surface area contributed by atoms with Gasteiger partial charge in [0.1, 0.15) is 11.2 Å². The molecule has 2 heterocycles. The molecule has 2 aromatic heterocycles. The minimum Gasteiger partial charge on any atom is -0.455 e. The van der Waals surface area contributed by atoms with E-state index in [9.17, 15) is 0 Å². The largest absolute Gasteiger partial charge is 0.455 e. The zero-order valence-electron chi connectivity index (χ0n) is 25.2. The molecule has 0 amide bonds. The Balaban J connectivity index is 1.21. The van der Waals surface area contributed by atoms with Gasteiger partial charge < -0.3 is 4.42 Å². The monoisotopic (exact) mass is 599 g/mol. The number of rotatable bonds is 4. The quantitative estimate of drug-likeness (QED) is 0.149. The summed E-state index contributed by atoms with van der Waals surface area (Å²) in [5.41, 5.74) is 6.84. The Hall–Kier alpha value is -6.39. The minimum atomic E-state index is 0.631. The summed E-state index contributed by atoms with van der Waals surface area (Å²) in [6.45, 7) is 0. The molecule has 0 aliphatic rings. The van der Waals surface area contributed by atoms with Crippen molar-refractivity contribution in [3.63, 3.8) is 0 Å². The molecule has 0 aliphatic carbocycles. The lowest BCUT2D eigenvalue weighted by molar-refractivity contribution is 0.673. The molecule has 0 unspecified atom stereocenters. The van der Waals surface area contributed by atoms with Crippen LogP contribution in [0.2, 0.25) is 0 Å². The van der Waals surface area contributed by atoms with Crippen molar-refractivity contribution in [2.24, 2.45) is 0 Å². The van der Waals surface area contributed by atoms with Crippen molar-refractivity contribution < 1.29 is 4.42 Å².